The topological polar surface area (TPSA) is 0 Å². The molecule has 2 rings (SSSR count). The van der Waals surface area contributed by atoms with Gasteiger partial charge in [-0.15, -0.1) is 0 Å². The molecule has 2 aliphatic carbocycles. The van der Waals surface area contributed by atoms with E-state index in [2.05, 4.69) is 0 Å². The maximum atomic E-state index is 2.00. The Hall–Kier alpha value is 0. The first kappa shape index (κ1) is 12.1. The minimum Gasteiger partial charge on any atom is -0.0683 e. The van der Waals surface area contributed by atoms with Crippen molar-refractivity contribution in [2.75, 3.05) is 0 Å². The highest BCUT2D eigenvalue weighted by molar-refractivity contribution is 4.76. The van der Waals surface area contributed by atoms with E-state index in [1.165, 1.54) is 38.5 Å². The monoisotopic (exact) mass is 196 g/mol. The second-order valence-corrected chi connectivity index (χ2v) is 4.80. The third kappa shape index (κ3) is 3.63. The molecule has 14 heavy (non-hydrogen) atoms. The van der Waals surface area contributed by atoms with Crippen LogP contribution < -0.4 is 0 Å². The van der Waals surface area contributed by atoms with E-state index in [1.54, 1.807) is 25.7 Å². The van der Waals surface area contributed by atoms with Crippen LogP contribution in [-0.2, 0) is 0 Å². The van der Waals surface area contributed by atoms with Crippen molar-refractivity contribution in [2.45, 2.75) is 78.1 Å². The predicted molar refractivity (Wildman–Crippen MR) is 64.5 cm³/mol. The van der Waals surface area contributed by atoms with E-state index in [1.807, 2.05) is 13.8 Å². The van der Waals surface area contributed by atoms with Gasteiger partial charge in [0.25, 0.3) is 0 Å². The standard InChI is InChI=1S/C12H22.C2H6/c1-2-4-8-12-10-6-5-9-11(12)7-3-1;1-2/h11-12H,1-10H2;1-2H3. The Kier molecular flexibility index (Phi) is 6.31. The van der Waals surface area contributed by atoms with Gasteiger partial charge in [-0.1, -0.05) is 78.1 Å². The lowest BCUT2D eigenvalue weighted by atomic mass is 9.73. The van der Waals surface area contributed by atoms with Crippen LogP contribution in [-0.4, -0.2) is 0 Å². The highest BCUT2D eigenvalue weighted by Crippen LogP contribution is 2.38. The van der Waals surface area contributed by atoms with E-state index < -0.39 is 0 Å². The molecule has 0 aromatic carbocycles. The zero-order chi connectivity index (χ0) is 10.2. The third-order valence-electron chi connectivity index (χ3n) is 3.97. The van der Waals surface area contributed by atoms with Crippen molar-refractivity contribution in [3.63, 3.8) is 0 Å². The van der Waals surface area contributed by atoms with Crippen LogP contribution >= 0.6 is 0 Å². The average molecular weight is 196 g/mol. The van der Waals surface area contributed by atoms with Crippen LogP contribution in [0.25, 0.3) is 0 Å². The minimum atomic E-state index is 1.14. The lowest BCUT2D eigenvalue weighted by molar-refractivity contribution is 0.191. The Labute approximate surface area is 90.5 Å². The molecule has 0 bridgehead atoms. The Morgan fingerprint density at radius 1 is 0.500 bits per heavy atom. The van der Waals surface area contributed by atoms with Gasteiger partial charge in [-0.2, -0.15) is 0 Å². The van der Waals surface area contributed by atoms with Crippen molar-refractivity contribution in [2.24, 2.45) is 11.8 Å². The van der Waals surface area contributed by atoms with Crippen molar-refractivity contribution in [1.29, 1.82) is 0 Å². The normalized spacial score (nSPS) is 33.0. The highest BCUT2D eigenvalue weighted by atomic mass is 14.3. The van der Waals surface area contributed by atoms with Crippen LogP contribution in [0.1, 0.15) is 78.1 Å². The molecule has 0 aliphatic heterocycles. The summed E-state index contributed by atoms with van der Waals surface area (Å²) in [5, 5.41) is 0. The maximum absolute atomic E-state index is 2.00. The summed E-state index contributed by atoms with van der Waals surface area (Å²) in [5.41, 5.74) is 0. The molecular formula is C14H28. The average Bonchev–Trinajstić information content (AvgIpc) is 2.22. The van der Waals surface area contributed by atoms with Crippen molar-refractivity contribution in [3.8, 4) is 0 Å². The van der Waals surface area contributed by atoms with Gasteiger partial charge in [-0.05, 0) is 11.8 Å². The SMILES string of the molecule is C1CCCC2CCCCC2CC1.CC. The van der Waals surface area contributed by atoms with Gasteiger partial charge < -0.3 is 0 Å². The van der Waals surface area contributed by atoms with Crippen LogP contribution in [0.4, 0.5) is 0 Å². The second kappa shape index (κ2) is 7.31. The molecule has 0 radical (unpaired) electrons. The van der Waals surface area contributed by atoms with E-state index in [4.69, 9.17) is 0 Å². The van der Waals surface area contributed by atoms with Crippen molar-refractivity contribution >= 4 is 0 Å². The van der Waals surface area contributed by atoms with Gasteiger partial charge in [-0.3, -0.25) is 0 Å². The van der Waals surface area contributed by atoms with Crippen molar-refractivity contribution in [1.82, 2.24) is 0 Å². The molecule has 0 aromatic heterocycles. The Morgan fingerprint density at radius 3 is 1.14 bits per heavy atom. The van der Waals surface area contributed by atoms with Crippen LogP contribution in [0.5, 0.6) is 0 Å². The smallest absolute Gasteiger partial charge is 0.0386 e. The summed E-state index contributed by atoms with van der Waals surface area (Å²) in [5.74, 6) is 2.28. The Bertz CT molecular complexity index is 112. The molecule has 0 amide bonds. The molecule has 2 fully saturated rings. The van der Waals surface area contributed by atoms with Gasteiger partial charge in [0.05, 0.1) is 0 Å². The molecule has 84 valence electrons. The molecule has 0 nitrogen and oxygen atoms in total. The van der Waals surface area contributed by atoms with E-state index in [0.29, 0.717) is 0 Å². The lowest BCUT2D eigenvalue weighted by Crippen LogP contribution is -2.20. The third-order valence-corrected chi connectivity index (χ3v) is 3.97. The minimum absolute atomic E-state index is 1.14. The highest BCUT2D eigenvalue weighted by Gasteiger charge is 2.24. The van der Waals surface area contributed by atoms with Crippen LogP contribution in [0.15, 0.2) is 0 Å². The molecule has 0 N–H and O–H groups in total. The Morgan fingerprint density at radius 2 is 0.786 bits per heavy atom. The van der Waals surface area contributed by atoms with E-state index in [9.17, 15) is 0 Å². The van der Waals surface area contributed by atoms with Crippen LogP contribution in [0.2, 0.25) is 0 Å². The van der Waals surface area contributed by atoms with Crippen LogP contribution in [0.3, 0.4) is 0 Å². The number of hydrogen-bond acceptors (Lipinski definition) is 0. The van der Waals surface area contributed by atoms with Crippen molar-refractivity contribution < 1.29 is 0 Å². The zero-order valence-corrected chi connectivity index (χ0v) is 10.2. The number of fused-ring (bicyclic) bond motifs is 1. The summed E-state index contributed by atoms with van der Waals surface area (Å²) in [4.78, 5) is 0. The first-order valence-corrected chi connectivity index (χ1v) is 6.97. The largest absolute Gasteiger partial charge is 0.0683 e. The molecule has 0 heteroatoms. The molecule has 0 spiro atoms. The van der Waals surface area contributed by atoms with Gasteiger partial charge in [0.1, 0.15) is 0 Å². The summed E-state index contributed by atoms with van der Waals surface area (Å²) in [6, 6.07) is 0. The van der Waals surface area contributed by atoms with E-state index in [0.717, 1.165) is 11.8 Å². The summed E-state index contributed by atoms with van der Waals surface area (Å²) in [6.45, 7) is 4.00. The number of rotatable bonds is 0. The molecule has 0 saturated heterocycles. The molecular weight excluding hydrogens is 168 g/mol. The second-order valence-electron chi connectivity index (χ2n) is 4.80. The fourth-order valence-electron chi connectivity index (χ4n) is 3.21. The quantitative estimate of drug-likeness (QED) is 0.501. The molecule has 0 heterocycles. The van der Waals surface area contributed by atoms with E-state index in [-0.39, 0.29) is 0 Å². The molecule has 2 unspecified atom stereocenters. The van der Waals surface area contributed by atoms with Gasteiger partial charge in [-0.25, -0.2) is 0 Å². The van der Waals surface area contributed by atoms with Gasteiger partial charge >= 0.3 is 0 Å². The lowest BCUT2D eigenvalue weighted by Gasteiger charge is -2.33. The summed E-state index contributed by atoms with van der Waals surface area (Å²) >= 11 is 0. The summed E-state index contributed by atoms with van der Waals surface area (Å²) in [7, 11) is 0. The summed E-state index contributed by atoms with van der Waals surface area (Å²) in [6.07, 6.45) is 15.4. The molecule has 0 aromatic rings. The van der Waals surface area contributed by atoms with Crippen LogP contribution in [0, 0.1) is 11.8 Å². The molecule has 2 aliphatic rings. The molecule has 2 saturated carbocycles. The fraction of sp³-hybridized carbons (Fsp3) is 1.00. The predicted octanol–water partition coefficient (Wildman–Crippen LogP) is 5.17. The van der Waals surface area contributed by atoms with Gasteiger partial charge in [0, 0.05) is 0 Å². The maximum Gasteiger partial charge on any atom is -0.0386 e. The first-order valence-electron chi connectivity index (χ1n) is 6.97. The number of hydrogen-bond donors (Lipinski definition) is 0. The first-order chi connectivity index (χ1) is 6.97. The Balaban J connectivity index is 0.000000461. The fourth-order valence-corrected chi connectivity index (χ4v) is 3.21. The van der Waals surface area contributed by atoms with Gasteiger partial charge in [0.15, 0.2) is 0 Å². The van der Waals surface area contributed by atoms with E-state index >= 15 is 0 Å². The zero-order valence-electron chi connectivity index (χ0n) is 10.2. The molecule has 2 atom stereocenters. The van der Waals surface area contributed by atoms with Gasteiger partial charge in [0.2, 0.25) is 0 Å². The summed E-state index contributed by atoms with van der Waals surface area (Å²) < 4.78 is 0. The van der Waals surface area contributed by atoms with Crippen molar-refractivity contribution in [3.05, 3.63) is 0 Å².